The van der Waals surface area contributed by atoms with Gasteiger partial charge in [0.2, 0.25) is 12.3 Å². The van der Waals surface area contributed by atoms with Crippen LogP contribution in [0.5, 0.6) is 5.75 Å². The van der Waals surface area contributed by atoms with Crippen LogP contribution in [-0.4, -0.2) is 68.9 Å². The number of unbranched alkanes of at least 4 members (excludes halogenated alkanes) is 9. The third kappa shape index (κ3) is 32.8. The largest absolute Gasteiger partial charge is 0.494 e. The summed E-state index contributed by atoms with van der Waals surface area (Å²) in [5.74, 6) is 0.559. The minimum absolute atomic E-state index is 0.0244. The molecule has 1 aliphatic heterocycles. The van der Waals surface area contributed by atoms with E-state index < -0.39 is 6.04 Å². The maximum absolute atomic E-state index is 12.8. The van der Waals surface area contributed by atoms with Crippen LogP contribution >= 0.6 is 0 Å². The molecule has 0 spiro atoms. The summed E-state index contributed by atoms with van der Waals surface area (Å²) in [6.45, 7) is 14.9. The van der Waals surface area contributed by atoms with Gasteiger partial charge < -0.3 is 35.4 Å². The van der Waals surface area contributed by atoms with Crippen molar-refractivity contribution in [2.75, 3.05) is 27.4 Å². The second-order valence-electron chi connectivity index (χ2n) is 12.2. The van der Waals surface area contributed by atoms with E-state index in [1.165, 1.54) is 39.2 Å². The lowest BCUT2D eigenvalue weighted by Gasteiger charge is -2.27. The van der Waals surface area contributed by atoms with E-state index in [0.29, 0.717) is 19.4 Å². The van der Waals surface area contributed by atoms with Gasteiger partial charge in [-0.3, -0.25) is 9.59 Å². The van der Waals surface area contributed by atoms with Crippen LogP contribution in [0.1, 0.15) is 123 Å². The highest BCUT2D eigenvalue weighted by molar-refractivity contribution is 5.85. The van der Waals surface area contributed by atoms with E-state index in [1.807, 2.05) is 93.6 Å². The number of carbonyl (C=O) groups excluding carboxylic acids is 4. The summed E-state index contributed by atoms with van der Waals surface area (Å²) in [5.41, 5.74) is 9.61. The second kappa shape index (κ2) is 44.1. The van der Waals surface area contributed by atoms with E-state index in [2.05, 4.69) is 24.6 Å². The lowest BCUT2D eigenvalue weighted by molar-refractivity contribution is -0.155. The summed E-state index contributed by atoms with van der Waals surface area (Å²) >= 11 is 0. The molecule has 2 aromatic carbocycles. The van der Waals surface area contributed by atoms with E-state index in [9.17, 15) is 14.4 Å². The number of hydrogen-bond donors (Lipinski definition) is 2. The molecule has 10 nitrogen and oxygen atoms in total. The molecule has 0 aromatic heterocycles. The number of carbonyl (C=O) groups is 4. The first-order valence-electron chi connectivity index (χ1n) is 20.0. The van der Waals surface area contributed by atoms with Crippen molar-refractivity contribution < 1.29 is 33.4 Å². The standard InChI is InChI=1S/C24H29NO4.C11H20O.C6H12O.C2H6.CH3NO.CH5N/c1-19-15-16-22(24(27)29-18-20-10-4-2-5-11-20)25(19)23(26)14-8-9-17-28-21-12-6-3-7-13-21;1-2-3-4-5-6-7-8-9-10-11-12;1-3-4-5-6-7-2;1-2;2-1-3;1-2/h2-7,10-13,19,22H,8-9,14-18H2,1H3;2,11H,1,3-10H2;3H,1,4-6H2,2H3;1-2H3;1H,(H2,2,3);2H2,1H3. The number of aldehydes is 1. The average Bonchev–Trinajstić information content (AvgIpc) is 3.62. The van der Waals surface area contributed by atoms with Gasteiger partial charge >= 0.3 is 5.97 Å². The molecule has 1 aliphatic rings. The number of allylic oxidation sites excluding steroid dienone is 2. The van der Waals surface area contributed by atoms with Gasteiger partial charge in [-0.15, -0.1) is 13.2 Å². The summed E-state index contributed by atoms with van der Waals surface area (Å²) in [6, 6.07) is 18.9. The van der Waals surface area contributed by atoms with Gasteiger partial charge in [-0.2, -0.15) is 0 Å². The first kappa shape index (κ1) is 55.1. The van der Waals surface area contributed by atoms with Crippen molar-refractivity contribution in [3.05, 3.63) is 91.5 Å². The van der Waals surface area contributed by atoms with Crippen molar-refractivity contribution in [2.24, 2.45) is 11.5 Å². The molecular formula is C45H75N3O7. The third-order valence-electron chi connectivity index (χ3n) is 7.99. The summed E-state index contributed by atoms with van der Waals surface area (Å²) in [6.07, 6.45) is 20.1. The van der Waals surface area contributed by atoms with Crippen molar-refractivity contribution in [3.8, 4) is 5.75 Å². The number of benzene rings is 2. The number of ether oxygens (including phenoxy) is 3. The van der Waals surface area contributed by atoms with Gasteiger partial charge in [0.25, 0.3) is 0 Å². The molecule has 55 heavy (non-hydrogen) atoms. The fraction of sp³-hybridized carbons (Fsp3) is 0.556. The van der Waals surface area contributed by atoms with E-state index in [4.69, 9.17) is 19.0 Å². The lowest BCUT2D eigenvalue weighted by atomic mass is 10.1. The fourth-order valence-electron chi connectivity index (χ4n) is 5.27. The molecule has 4 N–H and O–H groups in total. The highest BCUT2D eigenvalue weighted by Gasteiger charge is 2.39. The number of nitrogens with zero attached hydrogens (tertiary/aromatic N) is 1. The molecule has 2 amide bonds. The highest BCUT2D eigenvalue weighted by Crippen LogP contribution is 2.26. The topological polar surface area (TPSA) is 151 Å². The molecule has 0 saturated carbocycles. The molecule has 312 valence electrons. The molecule has 2 aromatic rings. The molecule has 2 unspecified atom stereocenters. The molecule has 0 aliphatic carbocycles. The number of nitrogens with two attached hydrogens (primary N) is 2. The summed E-state index contributed by atoms with van der Waals surface area (Å²) in [4.78, 5) is 45.6. The summed E-state index contributed by atoms with van der Waals surface area (Å²) < 4.78 is 15.9. The van der Waals surface area contributed by atoms with Crippen LogP contribution in [0.4, 0.5) is 0 Å². The Hall–Kier alpha value is -4.28. The fourth-order valence-corrected chi connectivity index (χ4v) is 5.27. The van der Waals surface area contributed by atoms with Crippen LogP contribution in [0.3, 0.4) is 0 Å². The Bertz CT molecular complexity index is 1150. The van der Waals surface area contributed by atoms with Crippen molar-refractivity contribution in [1.82, 2.24) is 4.90 Å². The Morgan fingerprint density at radius 2 is 1.29 bits per heavy atom. The molecular weight excluding hydrogens is 695 g/mol. The number of likely N-dealkylation sites (tertiary alicyclic amines) is 1. The number of methoxy groups -OCH3 is 1. The van der Waals surface area contributed by atoms with Gasteiger partial charge in [-0.1, -0.05) is 100 Å². The minimum Gasteiger partial charge on any atom is -0.494 e. The smallest absolute Gasteiger partial charge is 0.329 e. The number of hydrogen-bond acceptors (Lipinski definition) is 8. The van der Waals surface area contributed by atoms with E-state index in [0.717, 1.165) is 75.6 Å². The number of amides is 2. The molecule has 1 heterocycles. The molecule has 1 saturated heterocycles. The van der Waals surface area contributed by atoms with Gasteiger partial charge in [0.15, 0.2) is 0 Å². The second-order valence-corrected chi connectivity index (χ2v) is 12.2. The Labute approximate surface area is 334 Å². The molecule has 0 radical (unpaired) electrons. The molecule has 1 fully saturated rings. The van der Waals surface area contributed by atoms with Gasteiger partial charge in [0.05, 0.1) is 6.61 Å². The van der Waals surface area contributed by atoms with Gasteiger partial charge in [-0.25, -0.2) is 4.79 Å². The predicted molar refractivity (Wildman–Crippen MR) is 228 cm³/mol. The molecule has 0 bridgehead atoms. The van der Waals surface area contributed by atoms with Crippen LogP contribution in [0.25, 0.3) is 0 Å². The summed E-state index contributed by atoms with van der Waals surface area (Å²) in [5, 5.41) is 0. The van der Waals surface area contributed by atoms with E-state index >= 15 is 0 Å². The van der Waals surface area contributed by atoms with Crippen LogP contribution in [-0.2, 0) is 35.3 Å². The molecule has 10 heteroatoms. The van der Waals surface area contributed by atoms with Crippen LogP contribution < -0.4 is 16.2 Å². The monoisotopic (exact) mass is 770 g/mol. The Balaban J connectivity index is -0.000000858. The SMILES string of the molecule is C=CCCCCCCCCC=O.C=CCCCOC.CC.CC1CCC(C(=O)OCc2ccccc2)N1C(=O)CCCCOc1ccccc1.CN.NC=O. The minimum atomic E-state index is -0.471. The van der Waals surface area contributed by atoms with Crippen molar-refractivity contribution in [3.63, 3.8) is 0 Å². The molecule has 3 rings (SSSR count). The average molecular weight is 770 g/mol. The predicted octanol–water partition coefficient (Wildman–Crippen LogP) is 9.15. The number of primary amides is 1. The third-order valence-corrected chi connectivity index (χ3v) is 7.99. The van der Waals surface area contributed by atoms with Crippen LogP contribution in [0, 0.1) is 0 Å². The Morgan fingerprint density at radius 3 is 1.84 bits per heavy atom. The highest BCUT2D eigenvalue weighted by atomic mass is 16.5. The Morgan fingerprint density at radius 1 is 0.764 bits per heavy atom. The quantitative estimate of drug-likeness (QED) is 0.0521. The van der Waals surface area contributed by atoms with Gasteiger partial charge in [-0.05, 0) is 89.5 Å². The lowest BCUT2D eigenvalue weighted by Crippen LogP contribution is -2.44. The molecule has 2 atom stereocenters. The normalized spacial score (nSPS) is 13.4. The number of rotatable bonds is 22. The van der Waals surface area contributed by atoms with Gasteiger partial charge in [0, 0.05) is 32.6 Å². The maximum Gasteiger partial charge on any atom is 0.329 e. The first-order chi connectivity index (χ1) is 26.9. The van der Waals surface area contributed by atoms with Crippen LogP contribution in [0.15, 0.2) is 86.0 Å². The van der Waals surface area contributed by atoms with Crippen LogP contribution in [0.2, 0.25) is 0 Å². The van der Waals surface area contributed by atoms with Crippen molar-refractivity contribution in [2.45, 2.75) is 136 Å². The Kier molecular flexibility index (Phi) is 44.2. The zero-order valence-corrected chi connectivity index (χ0v) is 34.8. The van der Waals surface area contributed by atoms with Crippen molar-refractivity contribution in [1.29, 1.82) is 0 Å². The van der Waals surface area contributed by atoms with E-state index in [-0.39, 0.29) is 30.9 Å². The zero-order valence-electron chi connectivity index (χ0n) is 34.8. The first-order valence-corrected chi connectivity index (χ1v) is 20.0. The summed E-state index contributed by atoms with van der Waals surface area (Å²) in [7, 11) is 3.21. The zero-order chi connectivity index (χ0) is 41.8. The number of para-hydroxylation sites is 1. The van der Waals surface area contributed by atoms with Crippen molar-refractivity contribution >= 4 is 24.6 Å². The van der Waals surface area contributed by atoms with Gasteiger partial charge in [0.1, 0.15) is 24.7 Å². The number of esters is 1. The maximum atomic E-state index is 12.8. The van der Waals surface area contributed by atoms with E-state index in [1.54, 1.807) is 12.0 Å².